The van der Waals surface area contributed by atoms with Crippen LogP contribution in [-0.4, -0.2) is 24.2 Å². The van der Waals surface area contributed by atoms with E-state index in [1.165, 1.54) is 11.8 Å². The molecular formula is C26H21N5O3S. The van der Waals surface area contributed by atoms with Crippen LogP contribution in [0.3, 0.4) is 0 Å². The normalized spacial score (nSPS) is 10.4. The Hall–Kier alpha value is -4.47. The van der Waals surface area contributed by atoms with Crippen LogP contribution in [0.25, 0.3) is 22.6 Å². The standard InChI is InChI=1S/C26H21N5O3S/c1-15-21(30-25(34-15)18-6-4-5-7-22(18)33-3)14-35-26-20(13-28)23(19(12-27)24(29)31-26)16-8-10-17(32-2)11-9-16/h4-11H,14H2,1-3H3,(H2,29,31). The number of methoxy groups -OCH3 is 2. The number of aromatic nitrogens is 2. The highest BCUT2D eigenvalue weighted by molar-refractivity contribution is 7.98. The molecule has 0 spiro atoms. The fraction of sp³-hybridized carbons (Fsp3) is 0.154. The van der Waals surface area contributed by atoms with Crippen LogP contribution >= 0.6 is 11.8 Å². The van der Waals surface area contributed by atoms with Crippen LogP contribution in [0.15, 0.2) is 58.0 Å². The second kappa shape index (κ2) is 10.2. The van der Waals surface area contributed by atoms with E-state index >= 15 is 0 Å². The van der Waals surface area contributed by atoms with Gasteiger partial charge in [-0.3, -0.25) is 0 Å². The minimum Gasteiger partial charge on any atom is -0.497 e. The van der Waals surface area contributed by atoms with Gasteiger partial charge in [0.05, 0.1) is 31.0 Å². The highest BCUT2D eigenvalue weighted by Crippen LogP contribution is 2.38. The molecule has 8 nitrogen and oxygen atoms in total. The second-order valence-electron chi connectivity index (χ2n) is 7.39. The molecule has 2 aromatic carbocycles. The summed E-state index contributed by atoms with van der Waals surface area (Å²) in [6, 6.07) is 18.9. The molecule has 0 aliphatic rings. The molecule has 0 saturated carbocycles. The van der Waals surface area contributed by atoms with E-state index in [9.17, 15) is 10.5 Å². The molecule has 0 amide bonds. The number of nitrogens with two attached hydrogens (primary N) is 1. The van der Waals surface area contributed by atoms with Crippen LogP contribution in [0.4, 0.5) is 5.82 Å². The number of para-hydroxylation sites is 1. The maximum Gasteiger partial charge on any atom is 0.230 e. The van der Waals surface area contributed by atoms with E-state index in [0.29, 0.717) is 50.7 Å². The van der Waals surface area contributed by atoms with Gasteiger partial charge in [-0.2, -0.15) is 10.5 Å². The lowest BCUT2D eigenvalue weighted by molar-refractivity contribution is 0.414. The molecule has 4 rings (SSSR count). The molecule has 0 bridgehead atoms. The number of nitriles is 2. The van der Waals surface area contributed by atoms with Crippen molar-refractivity contribution in [3.8, 4) is 46.2 Å². The van der Waals surface area contributed by atoms with Crippen LogP contribution < -0.4 is 15.2 Å². The first-order valence-corrected chi connectivity index (χ1v) is 11.5. The Morgan fingerprint density at radius 1 is 0.971 bits per heavy atom. The maximum absolute atomic E-state index is 10.0. The summed E-state index contributed by atoms with van der Waals surface area (Å²) in [5, 5.41) is 20.1. The number of anilines is 1. The van der Waals surface area contributed by atoms with Gasteiger partial charge in [-0.15, -0.1) is 0 Å². The number of thioether (sulfide) groups is 1. The van der Waals surface area contributed by atoms with E-state index in [0.717, 1.165) is 5.56 Å². The number of rotatable bonds is 7. The maximum atomic E-state index is 10.0. The summed E-state index contributed by atoms with van der Waals surface area (Å²) in [6.45, 7) is 1.83. The van der Waals surface area contributed by atoms with Crippen LogP contribution in [0.1, 0.15) is 22.6 Å². The molecule has 2 heterocycles. The lowest BCUT2D eigenvalue weighted by Gasteiger charge is -2.13. The summed E-state index contributed by atoms with van der Waals surface area (Å²) in [5.74, 6) is 2.86. The average molecular weight is 484 g/mol. The van der Waals surface area contributed by atoms with E-state index in [1.807, 2.05) is 31.2 Å². The average Bonchev–Trinajstić information content (AvgIpc) is 3.27. The second-order valence-corrected chi connectivity index (χ2v) is 8.35. The summed E-state index contributed by atoms with van der Waals surface area (Å²) in [7, 11) is 3.16. The van der Waals surface area contributed by atoms with Gasteiger partial charge < -0.3 is 19.6 Å². The van der Waals surface area contributed by atoms with Gasteiger partial charge in [-0.05, 0) is 36.8 Å². The first-order chi connectivity index (χ1) is 17.0. The van der Waals surface area contributed by atoms with Crippen LogP contribution in [0.5, 0.6) is 11.5 Å². The molecule has 2 N–H and O–H groups in total. The molecule has 0 unspecified atom stereocenters. The number of ether oxygens (including phenoxy) is 2. The summed E-state index contributed by atoms with van der Waals surface area (Å²) in [4.78, 5) is 9.00. The molecule has 4 aromatic rings. The molecule has 174 valence electrons. The van der Waals surface area contributed by atoms with Gasteiger partial charge in [-0.25, -0.2) is 9.97 Å². The number of benzene rings is 2. The number of oxazole rings is 1. The zero-order valence-corrected chi connectivity index (χ0v) is 20.1. The Kier molecular flexibility index (Phi) is 6.91. The molecular weight excluding hydrogens is 462 g/mol. The highest BCUT2D eigenvalue weighted by Gasteiger charge is 2.22. The third-order valence-electron chi connectivity index (χ3n) is 5.37. The van der Waals surface area contributed by atoms with Gasteiger partial charge >= 0.3 is 0 Å². The number of hydrogen-bond donors (Lipinski definition) is 1. The molecule has 2 aromatic heterocycles. The van der Waals surface area contributed by atoms with E-state index in [4.69, 9.17) is 19.6 Å². The van der Waals surface area contributed by atoms with E-state index in [2.05, 4.69) is 22.1 Å². The number of pyridine rings is 1. The summed E-state index contributed by atoms with van der Waals surface area (Å²) in [5.41, 5.74) is 9.13. The summed E-state index contributed by atoms with van der Waals surface area (Å²) < 4.78 is 16.5. The quantitative estimate of drug-likeness (QED) is 0.346. The number of aryl methyl sites for hydroxylation is 1. The summed E-state index contributed by atoms with van der Waals surface area (Å²) in [6.07, 6.45) is 0. The van der Waals surface area contributed by atoms with Gasteiger partial charge in [-0.1, -0.05) is 36.0 Å². The minimum atomic E-state index is 0.0615. The Morgan fingerprint density at radius 3 is 2.34 bits per heavy atom. The lowest BCUT2D eigenvalue weighted by atomic mass is 9.97. The monoisotopic (exact) mass is 483 g/mol. The van der Waals surface area contributed by atoms with Gasteiger partial charge in [0.2, 0.25) is 5.89 Å². The first kappa shape index (κ1) is 23.7. The van der Waals surface area contributed by atoms with Crippen molar-refractivity contribution < 1.29 is 13.9 Å². The fourth-order valence-electron chi connectivity index (χ4n) is 3.58. The van der Waals surface area contributed by atoms with Gasteiger partial charge in [0.1, 0.15) is 45.8 Å². The molecule has 0 aliphatic heterocycles. The zero-order valence-electron chi connectivity index (χ0n) is 19.3. The number of nitrogen functional groups attached to an aromatic ring is 1. The topological polar surface area (TPSA) is 131 Å². The van der Waals surface area contributed by atoms with Crippen LogP contribution in [-0.2, 0) is 5.75 Å². The molecule has 0 aliphatic carbocycles. The van der Waals surface area contributed by atoms with Crippen molar-refractivity contribution in [3.63, 3.8) is 0 Å². The minimum absolute atomic E-state index is 0.0615. The van der Waals surface area contributed by atoms with Crippen molar-refractivity contribution in [1.82, 2.24) is 9.97 Å². The van der Waals surface area contributed by atoms with Crippen molar-refractivity contribution >= 4 is 17.6 Å². The van der Waals surface area contributed by atoms with Crippen LogP contribution in [0, 0.1) is 29.6 Å². The van der Waals surface area contributed by atoms with E-state index < -0.39 is 0 Å². The van der Waals surface area contributed by atoms with Crippen molar-refractivity contribution in [2.75, 3.05) is 20.0 Å². The highest BCUT2D eigenvalue weighted by atomic mass is 32.2. The first-order valence-electron chi connectivity index (χ1n) is 10.5. The smallest absolute Gasteiger partial charge is 0.230 e. The largest absolute Gasteiger partial charge is 0.497 e. The third kappa shape index (κ3) is 4.63. The molecule has 35 heavy (non-hydrogen) atoms. The predicted octanol–water partition coefficient (Wildman–Crippen LogP) is 5.35. The molecule has 0 radical (unpaired) electrons. The fourth-order valence-corrected chi connectivity index (χ4v) is 4.58. The number of hydrogen-bond acceptors (Lipinski definition) is 9. The van der Waals surface area contributed by atoms with Gasteiger partial charge in [0.25, 0.3) is 0 Å². The number of nitrogens with zero attached hydrogens (tertiary/aromatic N) is 4. The van der Waals surface area contributed by atoms with Crippen molar-refractivity contribution in [3.05, 3.63) is 71.1 Å². The SMILES string of the molecule is COc1ccc(-c2c(C#N)c(N)nc(SCc3nc(-c4ccccc4OC)oc3C)c2C#N)cc1. The molecule has 0 fully saturated rings. The molecule has 0 saturated heterocycles. The Balaban J connectivity index is 1.70. The zero-order chi connectivity index (χ0) is 24.9. The van der Waals surface area contributed by atoms with Gasteiger partial charge in [0.15, 0.2) is 0 Å². The predicted molar refractivity (Wildman–Crippen MR) is 133 cm³/mol. The third-order valence-corrected chi connectivity index (χ3v) is 6.36. The van der Waals surface area contributed by atoms with E-state index in [1.54, 1.807) is 38.5 Å². The van der Waals surface area contributed by atoms with E-state index in [-0.39, 0.29) is 16.9 Å². The van der Waals surface area contributed by atoms with Crippen molar-refractivity contribution in [2.45, 2.75) is 17.7 Å². The molecule has 0 atom stereocenters. The lowest BCUT2D eigenvalue weighted by Crippen LogP contribution is -2.03. The van der Waals surface area contributed by atoms with Crippen molar-refractivity contribution in [2.24, 2.45) is 0 Å². The summed E-state index contributed by atoms with van der Waals surface area (Å²) >= 11 is 1.31. The Labute approximate surface area is 207 Å². The van der Waals surface area contributed by atoms with Gasteiger partial charge in [0, 0.05) is 11.3 Å². The molecule has 9 heteroatoms. The Morgan fingerprint density at radius 2 is 1.69 bits per heavy atom. The Bertz CT molecular complexity index is 1470. The van der Waals surface area contributed by atoms with Crippen molar-refractivity contribution in [1.29, 1.82) is 10.5 Å². The van der Waals surface area contributed by atoms with Crippen LogP contribution in [0.2, 0.25) is 0 Å².